The van der Waals surface area contributed by atoms with Crippen LogP contribution in [0.3, 0.4) is 0 Å². The fourth-order valence-electron chi connectivity index (χ4n) is 3.08. The number of nitrogens with zero attached hydrogens (tertiary/aromatic N) is 7. The van der Waals surface area contributed by atoms with Crippen LogP contribution in [-0.4, -0.2) is 34.7 Å². The van der Waals surface area contributed by atoms with Gasteiger partial charge in [-0.2, -0.15) is 0 Å². The second-order valence-electron chi connectivity index (χ2n) is 7.11. The van der Waals surface area contributed by atoms with Crippen molar-refractivity contribution in [2.75, 3.05) is 11.1 Å². The van der Waals surface area contributed by atoms with Crippen LogP contribution in [0.15, 0.2) is 79.5 Å². The lowest BCUT2D eigenvalue weighted by molar-refractivity contribution is 0.882. The van der Waals surface area contributed by atoms with Crippen LogP contribution in [-0.2, 0) is 0 Å². The zero-order valence-corrected chi connectivity index (χ0v) is 17.2. The Balaban J connectivity index is 1.32. The van der Waals surface area contributed by atoms with Gasteiger partial charge in [0.1, 0.15) is 12.1 Å². The second-order valence-corrected chi connectivity index (χ2v) is 7.11. The van der Waals surface area contributed by atoms with E-state index < -0.39 is 0 Å². The van der Waals surface area contributed by atoms with Crippen LogP contribution in [0.25, 0.3) is 28.3 Å². The smallest absolute Gasteiger partial charge is 0.227 e. The summed E-state index contributed by atoms with van der Waals surface area (Å²) in [6.45, 7) is 1.95. The van der Waals surface area contributed by atoms with Gasteiger partial charge < -0.3 is 11.1 Å². The lowest BCUT2D eigenvalue weighted by Crippen LogP contribution is -1.99. The van der Waals surface area contributed by atoms with Crippen molar-refractivity contribution in [3.63, 3.8) is 0 Å². The van der Waals surface area contributed by atoms with Crippen LogP contribution in [0.1, 0.15) is 5.69 Å². The van der Waals surface area contributed by atoms with E-state index in [0.29, 0.717) is 17.6 Å². The molecule has 0 spiro atoms. The van der Waals surface area contributed by atoms with Gasteiger partial charge in [0.15, 0.2) is 5.82 Å². The van der Waals surface area contributed by atoms with Gasteiger partial charge in [-0.05, 0) is 61.5 Å². The molecule has 0 aliphatic heterocycles. The minimum absolute atomic E-state index is 0.469. The van der Waals surface area contributed by atoms with Gasteiger partial charge >= 0.3 is 0 Å². The summed E-state index contributed by atoms with van der Waals surface area (Å²) in [7, 11) is 0. The van der Waals surface area contributed by atoms with Gasteiger partial charge in [0, 0.05) is 41.1 Å². The number of hydrogen-bond acceptors (Lipinski definition) is 8. The summed E-state index contributed by atoms with van der Waals surface area (Å²) in [4.78, 5) is 21.7. The Morgan fingerprint density at radius 3 is 2.38 bits per heavy atom. The molecule has 1 aromatic carbocycles. The number of benzene rings is 1. The van der Waals surface area contributed by atoms with E-state index in [1.54, 1.807) is 35.7 Å². The van der Waals surface area contributed by atoms with E-state index in [4.69, 9.17) is 5.73 Å². The molecule has 0 aliphatic rings. The lowest BCUT2D eigenvalue weighted by atomic mass is 10.2. The number of aromatic nitrogens is 7. The lowest BCUT2D eigenvalue weighted by Gasteiger charge is -2.08. The number of nitrogens with two attached hydrogens (primary N) is 1. The molecule has 3 N–H and O–H groups in total. The Bertz CT molecular complexity index is 1340. The van der Waals surface area contributed by atoms with Gasteiger partial charge in [0.2, 0.25) is 5.95 Å². The molecule has 0 atom stereocenters. The number of pyridine rings is 2. The summed E-state index contributed by atoms with van der Waals surface area (Å²) in [6.07, 6.45) is 6.85. The summed E-state index contributed by atoms with van der Waals surface area (Å²) in [5.41, 5.74) is 10.8. The van der Waals surface area contributed by atoms with E-state index in [9.17, 15) is 0 Å². The topological polar surface area (TPSA) is 120 Å². The molecule has 156 valence electrons. The molecule has 32 heavy (non-hydrogen) atoms. The number of hydrogen-bond donors (Lipinski definition) is 2. The minimum atomic E-state index is 0.469. The molecular formula is C23H19N9. The summed E-state index contributed by atoms with van der Waals surface area (Å²) in [5.74, 6) is 1.58. The molecule has 9 heteroatoms. The Labute approximate surface area is 184 Å². The van der Waals surface area contributed by atoms with Crippen molar-refractivity contribution >= 4 is 17.5 Å². The number of anilines is 3. The average Bonchev–Trinajstić information content (AvgIpc) is 3.31. The molecule has 0 aliphatic carbocycles. The number of nitrogen functional groups attached to an aromatic ring is 1. The number of aryl methyl sites for hydroxylation is 1. The molecule has 0 bridgehead atoms. The molecule has 9 nitrogen and oxygen atoms in total. The highest BCUT2D eigenvalue weighted by atomic mass is 15.3. The van der Waals surface area contributed by atoms with Crippen molar-refractivity contribution in [2.45, 2.75) is 6.92 Å². The molecule has 0 unspecified atom stereocenters. The van der Waals surface area contributed by atoms with Gasteiger partial charge in [-0.15, -0.1) is 5.10 Å². The van der Waals surface area contributed by atoms with Gasteiger partial charge in [0.05, 0.1) is 11.4 Å². The van der Waals surface area contributed by atoms with Gasteiger partial charge in [0.25, 0.3) is 0 Å². The first kappa shape index (κ1) is 19.3. The SMILES string of the molecule is Cc1ccc(-c2ncn(-c3ccc(Nc4nccc(-c5ccc(N)nc5)n4)cc3)n2)cn1. The fourth-order valence-corrected chi connectivity index (χ4v) is 3.08. The van der Waals surface area contributed by atoms with Crippen molar-refractivity contribution < 1.29 is 0 Å². The maximum absolute atomic E-state index is 5.66. The average molecular weight is 421 g/mol. The third-order valence-corrected chi connectivity index (χ3v) is 4.79. The predicted molar refractivity (Wildman–Crippen MR) is 122 cm³/mol. The third kappa shape index (κ3) is 4.12. The largest absolute Gasteiger partial charge is 0.384 e. The maximum atomic E-state index is 5.66. The maximum Gasteiger partial charge on any atom is 0.227 e. The van der Waals surface area contributed by atoms with Gasteiger partial charge in [-0.25, -0.2) is 24.6 Å². The molecule has 5 aromatic rings. The van der Waals surface area contributed by atoms with Crippen LogP contribution in [0, 0.1) is 6.92 Å². The zero-order chi connectivity index (χ0) is 21.9. The third-order valence-electron chi connectivity index (χ3n) is 4.79. The van der Waals surface area contributed by atoms with E-state index >= 15 is 0 Å². The van der Waals surface area contributed by atoms with Gasteiger partial charge in [-0.3, -0.25) is 4.98 Å². The zero-order valence-electron chi connectivity index (χ0n) is 17.2. The molecule has 4 heterocycles. The quantitative estimate of drug-likeness (QED) is 0.439. The highest BCUT2D eigenvalue weighted by molar-refractivity contribution is 5.62. The molecule has 0 amide bonds. The first-order valence-electron chi connectivity index (χ1n) is 9.91. The molecule has 0 saturated carbocycles. The molecule has 4 aromatic heterocycles. The fraction of sp³-hybridized carbons (Fsp3) is 0.0435. The standard InChI is InChI=1S/C23H19N9/c1-15-2-3-17(13-26-15)22-28-14-32(31-22)19-7-5-18(6-8-19)29-23-25-11-10-20(30-23)16-4-9-21(24)27-12-16/h2-14H,1H3,(H2,24,27)(H,25,29,30). The summed E-state index contributed by atoms with van der Waals surface area (Å²) in [6, 6.07) is 17.1. The number of nitrogens with one attached hydrogen (secondary N) is 1. The van der Waals surface area contributed by atoms with Crippen LogP contribution >= 0.6 is 0 Å². The van der Waals surface area contributed by atoms with Crippen LogP contribution in [0.2, 0.25) is 0 Å². The number of rotatable bonds is 5. The molecule has 0 fully saturated rings. The minimum Gasteiger partial charge on any atom is -0.384 e. The van der Waals surface area contributed by atoms with Crippen molar-refractivity contribution in [2.24, 2.45) is 0 Å². The summed E-state index contributed by atoms with van der Waals surface area (Å²) in [5, 5.41) is 7.77. The predicted octanol–water partition coefficient (Wildman–Crippen LogP) is 3.82. The Morgan fingerprint density at radius 1 is 0.812 bits per heavy atom. The Morgan fingerprint density at radius 2 is 1.62 bits per heavy atom. The summed E-state index contributed by atoms with van der Waals surface area (Å²) < 4.78 is 1.73. The van der Waals surface area contributed by atoms with Crippen molar-refractivity contribution in [1.82, 2.24) is 34.7 Å². The summed E-state index contributed by atoms with van der Waals surface area (Å²) >= 11 is 0. The second kappa shape index (κ2) is 8.23. The Hall–Kier alpha value is -4.66. The van der Waals surface area contributed by atoms with Crippen LogP contribution in [0.4, 0.5) is 17.5 Å². The van der Waals surface area contributed by atoms with Gasteiger partial charge in [-0.1, -0.05) is 0 Å². The van der Waals surface area contributed by atoms with Crippen LogP contribution in [0.5, 0.6) is 0 Å². The van der Waals surface area contributed by atoms with E-state index in [2.05, 4.69) is 35.3 Å². The first-order chi connectivity index (χ1) is 15.6. The normalized spacial score (nSPS) is 10.8. The van der Waals surface area contributed by atoms with E-state index in [1.807, 2.05) is 55.5 Å². The highest BCUT2D eigenvalue weighted by Gasteiger charge is 2.07. The van der Waals surface area contributed by atoms with E-state index in [0.717, 1.165) is 33.9 Å². The van der Waals surface area contributed by atoms with Crippen molar-refractivity contribution in [1.29, 1.82) is 0 Å². The van der Waals surface area contributed by atoms with Crippen molar-refractivity contribution in [3.8, 4) is 28.3 Å². The molecular weight excluding hydrogens is 402 g/mol. The molecule has 0 saturated heterocycles. The van der Waals surface area contributed by atoms with E-state index in [1.165, 1.54) is 0 Å². The monoisotopic (exact) mass is 421 g/mol. The molecule has 5 rings (SSSR count). The first-order valence-corrected chi connectivity index (χ1v) is 9.91. The molecule has 0 radical (unpaired) electrons. The highest BCUT2D eigenvalue weighted by Crippen LogP contribution is 2.21. The van der Waals surface area contributed by atoms with E-state index in [-0.39, 0.29) is 0 Å². The van der Waals surface area contributed by atoms with Crippen LogP contribution < -0.4 is 11.1 Å². The Kier molecular flexibility index (Phi) is 4.97. The van der Waals surface area contributed by atoms with Crippen molar-refractivity contribution in [3.05, 3.63) is 85.2 Å².